The number of anilines is 1. The van der Waals surface area contributed by atoms with E-state index in [1.54, 1.807) is 0 Å². The van der Waals surface area contributed by atoms with E-state index in [-0.39, 0.29) is 6.10 Å². The Hall–Kier alpha value is -1.48. The van der Waals surface area contributed by atoms with Crippen molar-refractivity contribution in [2.75, 3.05) is 5.73 Å². The number of ether oxygens (including phenoxy) is 1. The lowest BCUT2D eigenvalue weighted by Gasteiger charge is -2.16. The maximum absolute atomic E-state index is 5.89. The highest BCUT2D eigenvalue weighted by Gasteiger charge is 2.09. The molecule has 17 heavy (non-hydrogen) atoms. The summed E-state index contributed by atoms with van der Waals surface area (Å²) in [6, 6.07) is 15.6. The third-order valence-electron chi connectivity index (χ3n) is 2.53. The molecule has 0 fully saturated rings. The topological polar surface area (TPSA) is 35.2 Å². The van der Waals surface area contributed by atoms with Crippen molar-refractivity contribution in [1.29, 1.82) is 0 Å². The van der Waals surface area contributed by atoms with E-state index >= 15 is 0 Å². The third kappa shape index (κ3) is 3.01. The Morgan fingerprint density at radius 2 is 1.82 bits per heavy atom. The number of benzene rings is 2. The van der Waals surface area contributed by atoms with Crippen molar-refractivity contribution in [3.05, 3.63) is 58.6 Å². The largest absolute Gasteiger partial charge is 0.485 e. The minimum Gasteiger partial charge on any atom is -0.485 e. The molecule has 3 heteroatoms. The van der Waals surface area contributed by atoms with Crippen LogP contribution in [0.2, 0.25) is 0 Å². The van der Waals surface area contributed by atoms with Gasteiger partial charge in [-0.3, -0.25) is 0 Å². The molecule has 0 aliphatic rings. The molecule has 0 saturated carbocycles. The highest BCUT2D eigenvalue weighted by molar-refractivity contribution is 9.10. The van der Waals surface area contributed by atoms with Gasteiger partial charge in [0.05, 0.1) is 4.47 Å². The van der Waals surface area contributed by atoms with Gasteiger partial charge in [0.25, 0.3) is 0 Å². The molecule has 2 N–H and O–H groups in total. The van der Waals surface area contributed by atoms with Gasteiger partial charge in [0.1, 0.15) is 11.9 Å². The lowest BCUT2D eigenvalue weighted by atomic mass is 10.1. The van der Waals surface area contributed by atoms with Crippen molar-refractivity contribution in [3.63, 3.8) is 0 Å². The molecule has 0 heterocycles. The molecule has 0 spiro atoms. The molecule has 0 aliphatic heterocycles. The predicted molar refractivity (Wildman–Crippen MR) is 74.0 cm³/mol. The highest BCUT2D eigenvalue weighted by atomic mass is 79.9. The quantitative estimate of drug-likeness (QED) is 0.862. The zero-order chi connectivity index (χ0) is 12.3. The van der Waals surface area contributed by atoms with E-state index in [0.29, 0.717) is 5.69 Å². The van der Waals surface area contributed by atoms with Crippen molar-refractivity contribution in [1.82, 2.24) is 0 Å². The van der Waals surface area contributed by atoms with E-state index in [1.807, 2.05) is 55.5 Å². The summed E-state index contributed by atoms with van der Waals surface area (Å²) in [6.07, 6.45) is -0.00528. The first-order chi connectivity index (χ1) is 8.16. The van der Waals surface area contributed by atoms with Crippen molar-refractivity contribution in [2.24, 2.45) is 0 Å². The van der Waals surface area contributed by atoms with E-state index in [0.717, 1.165) is 15.8 Å². The van der Waals surface area contributed by atoms with Crippen molar-refractivity contribution in [3.8, 4) is 5.75 Å². The van der Waals surface area contributed by atoms with Gasteiger partial charge in [-0.15, -0.1) is 0 Å². The van der Waals surface area contributed by atoms with Crippen LogP contribution in [-0.2, 0) is 0 Å². The van der Waals surface area contributed by atoms with Gasteiger partial charge in [0.2, 0.25) is 0 Å². The van der Waals surface area contributed by atoms with E-state index in [2.05, 4.69) is 15.9 Å². The summed E-state index contributed by atoms with van der Waals surface area (Å²) >= 11 is 3.45. The van der Waals surface area contributed by atoms with Crippen LogP contribution in [0.5, 0.6) is 5.75 Å². The SMILES string of the molecule is CC(Oc1cc(N)ccc1Br)c1ccccc1. The normalized spacial score (nSPS) is 12.1. The number of halogens is 1. The summed E-state index contributed by atoms with van der Waals surface area (Å²) in [5.41, 5.74) is 7.58. The molecule has 0 aromatic heterocycles. The van der Waals surface area contributed by atoms with Crippen LogP contribution in [0.3, 0.4) is 0 Å². The van der Waals surface area contributed by atoms with Crippen LogP contribution in [0, 0.1) is 0 Å². The maximum Gasteiger partial charge on any atom is 0.136 e. The van der Waals surface area contributed by atoms with E-state index in [4.69, 9.17) is 10.5 Å². The fourth-order valence-electron chi connectivity index (χ4n) is 1.59. The predicted octanol–water partition coefficient (Wildman–Crippen LogP) is 4.17. The molecule has 0 aliphatic carbocycles. The molecule has 88 valence electrons. The Bertz CT molecular complexity index is 499. The van der Waals surface area contributed by atoms with Crippen LogP contribution >= 0.6 is 15.9 Å². The fourth-order valence-corrected chi connectivity index (χ4v) is 1.93. The van der Waals surface area contributed by atoms with Gasteiger partial charge < -0.3 is 10.5 Å². The van der Waals surface area contributed by atoms with Crippen LogP contribution in [0.4, 0.5) is 5.69 Å². The van der Waals surface area contributed by atoms with E-state index in [9.17, 15) is 0 Å². The molecule has 1 unspecified atom stereocenters. The molecule has 2 aromatic rings. The van der Waals surface area contributed by atoms with Gasteiger partial charge >= 0.3 is 0 Å². The minimum atomic E-state index is -0.00528. The number of rotatable bonds is 3. The lowest BCUT2D eigenvalue weighted by molar-refractivity contribution is 0.225. The second kappa shape index (κ2) is 5.23. The summed E-state index contributed by atoms with van der Waals surface area (Å²) in [5, 5.41) is 0. The van der Waals surface area contributed by atoms with Gasteiger partial charge in [-0.1, -0.05) is 30.3 Å². The third-order valence-corrected chi connectivity index (χ3v) is 3.18. The first kappa shape index (κ1) is 12.0. The minimum absolute atomic E-state index is 0.00528. The fraction of sp³-hybridized carbons (Fsp3) is 0.143. The van der Waals surface area contributed by atoms with Gasteiger partial charge in [0, 0.05) is 11.8 Å². The van der Waals surface area contributed by atoms with Crippen molar-refractivity contribution < 1.29 is 4.74 Å². The summed E-state index contributed by atoms with van der Waals surface area (Å²) < 4.78 is 6.80. The molecule has 2 rings (SSSR count). The molecule has 2 nitrogen and oxygen atoms in total. The Kier molecular flexibility index (Phi) is 3.69. The molecular formula is C14H14BrNO. The summed E-state index contributed by atoms with van der Waals surface area (Å²) in [7, 11) is 0. The zero-order valence-corrected chi connectivity index (χ0v) is 11.1. The molecule has 1 atom stereocenters. The zero-order valence-electron chi connectivity index (χ0n) is 9.56. The molecule has 0 amide bonds. The van der Waals surface area contributed by atoms with Gasteiger partial charge in [0.15, 0.2) is 0 Å². The second-order valence-electron chi connectivity index (χ2n) is 3.86. The van der Waals surface area contributed by atoms with Crippen LogP contribution in [-0.4, -0.2) is 0 Å². The molecule has 2 aromatic carbocycles. The standard InChI is InChI=1S/C14H14BrNO/c1-10(11-5-3-2-4-6-11)17-14-9-12(16)7-8-13(14)15/h2-10H,16H2,1H3. The van der Waals surface area contributed by atoms with E-state index < -0.39 is 0 Å². The Labute approximate surface area is 110 Å². The molecular weight excluding hydrogens is 278 g/mol. The van der Waals surface area contributed by atoms with Gasteiger partial charge in [-0.2, -0.15) is 0 Å². The Morgan fingerprint density at radius 1 is 1.12 bits per heavy atom. The first-order valence-corrected chi connectivity index (χ1v) is 6.23. The highest BCUT2D eigenvalue weighted by Crippen LogP contribution is 2.30. The van der Waals surface area contributed by atoms with Gasteiger partial charge in [-0.25, -0.2) is 0 Å². The van der Waals surface area contributed by atoms with E-state index in [1.165, 1.54) is 0 Å². The van der Waals surface area contributed by atoms with Crippen molar-refractivity contribution >= 4 is 21.6 Å². The average Bonchev–Trinajstić information content (AvgIpc) is 2.35. The van der Waals surface area contributed by atoms with Crippen LogP contribution in [0.15, 0.2) is 53.0 Å². The first-order valence-electron chi connectivity index (χ1n) is 5.43. The van der Waals surface area contributed by atoms with Crippen LogP contribution < -0.4 is 10.5 Å². The number of nitrogens with two attached hydrogens (primary N) is 1. The molecule has 0 radical (unpaired) electrons. The van der Waals surface area contributed by atoms with Crippen LogP contribution in [0.1, 0.15) is 18.6 Å². The Morgan fingerprint density at radius 3 is 2.53 bits per heavy atom. The summed E-state index contributed by atoms with van der Waals surface area (Å²) in [6.45, 7) is 2.02. The number of nitrogen functional groups attached to an aromatic ring is 1. The molecule has 0 saturated heterocycles. The number of hydrogen-bond acceptors (Lipinski definition) is 2. The summed E-state index contributed by atoms with van der Waals surface area (Å²) in [4.78, 5) is 0. The average molecular weight is 292 g/mol. The van der Waals surface area contributed by atoms with Gasteiger partial charge in [-0.05, 0) is 40.5 Å². The lowest BCUT2D eigenvalue weighted by Crippen LogP contribution is -2.03. The monoisotopic (exact) mass is 291 g/mol. The van der Waals surface area contributed by atoms with Crippen LogP contribution in [0.25, 0.3) is 0 Å². The Balaban J connectivity index is 2.18. The van der Waals surface area contributed by atoms with Crippen molar-refractivity contribution in [2.45, 2.75) is 13.0 Å². The smallest absolute Gasteiger partial charge is 0.136 e. The number of hydrogen-bond donors (Lipinski definition) is 1. The summed E-state index contributed by atoms with van der Waals surface area (Å²) in [5.74, 6) is 0.765. The molecule has 0 bridgehead atoms. The maximum atomic E-state index is 5.89. The second-order valence-corrected chi connectivity index (χ2v) is 4.71.